The van der Waals surface area contributed by atoms with Gasteiger partial charge in [-0.3, -0.25) is 4.79 Å². The molecule has 0 aliphatic heterocycles. The highest BCUT2D eigenvalue weighted by molar-refractivity contribution is 7.90. The molecule has 0 aromatic rings. The summed E-state index contributed by atoms with van der Waals surface area (Å²) in [6.45, 7) is 1.72. The molecule has 0 aromatic carbocycles. The predicted molar refractivity (Wildman–Crippen MR) is 74.6 cm³/mol. The minimum absolute atomic E-state index is 0.145. The van der Waals surface area contributed by atoms with Crippen molar-refractivity contribution in [2.24, 2.45) is 5.73 Å². The van der Waals surface area contributed by atoms with Crippen molar-refractivity contribution >= 4 is 16.0 Å². The summed E-state index contributed by atoms with van der Waals surface area (Å²) in [5.74, 6) is -0.778. The van der Waals surface area contributed by atoms with Crippen LogP contribution in [-0.4, -0.2) is 52.0 Å². The van der Waals surface area contributed by atoms with Crippen LogP contribution in [0.2, 0.25) is 0 Å². The smallest absolute Gasteiger partial charge is 0.325 e. The summed E-state index contributed by atoms with van der Waals surface area (Å²) >= 11 is 0. The van der Waals surface area contributed by atoms with Crippen LogP contribution in [0.25, 0.3) is 0 Å². The van der Waals surface area contributed by atoms with Gasteiger partial charge in [-0.15, -0.1) is 0 Å². The van der Waals surface area contributed by atoms with Crippen LogP contribution in [-0.2, 0) is 24.3 Å². The second-order valence-corrected chi connectivity index (χ2v) is 7.10. The van der Waals surface area contributed by atoms with E-state index in [9.17, 15) is 13.2 Å². The summed E-state index contributed by atoms with van der Waals surface area (Å²) < 4.78 is 35.8. The van der Waals surface area contributed by atoms with Crippen LogP contribution in [0.5, 0.6) is 0 Å². The zero-order valence-corrected chi connectivity index (χ0v) is 12.8. The second kappa shape index (κ2) is 7.92. The van der Waals surface area contributed by atoms with Gasteiger partial charge in [0.05, 0.1) is 19.8 Å². The van der Waals surface area contributed by atoms with E-state index < -0.39 is 21.2 Å². The first kappa shape index (κ1) is 17.4. The fourth-order valence-electron chi connectivity index (χ4n) is 2.08. The molecule has 0 spiro atoms. The number of nitrogens with one attached hydrogen (secondary N) is 1. The second-order valence-electron chi connectivity index (χ2n) is 5.01. The lowest BCUT2D eigenvalue weighted by molar-refractivity contribution is -0.139. The summed E-state index contributed by atoms with van der Waals surface area (Å²) in [7, 11) is -2.55. The first-order chi connectivity index (χ1) is 9.36. The van der Waals surface area contributed by atoms with Crippen LogP contribution in [0.15, 0.2) is 0 Å². The van der Waals surface area contributed by atoms with Crippen molar-refractivity contribution in [1.29, 1.82) is 0 Å². The van der Waals surface area contributed by atoms with E-state index in [0.29, 0.717) is 0 Å². The number of esters is 1. The summed E-state index contributed by atoms with van der Waals surface area (Å²) in [4.78, 5) is 11.2. The third-order valence-electron chi connectivity index (χ3n) is 3.48. The molecule has 1 aliphatic rings. The Morgan fingerprint density at radius 1 is 1.35 bits per heavy atom. The van der Waals surface area contributed by atoms with Crippen molar-refractivity contribution in [1.82, 2.24) is 4.72 Å². The van der Waals surface area contributed by atoms with Gasteiger partial charge < -0.3 is 15.2 Å². The van der Waals surface area contributed by atoms with Crippen molar-refractivity contribution in [2.75, 3.05) is 20.3 Å². The van der Waals surface area contributed by atoms with Gasteiger partial charge in [0.25, 0.3) is 0 Å². The van der Waals surface area contributed by atoms with Crippen LogP contribution >= 0.6 is 0 Å². The number of nitrogens with two attached hydrogens (primary N) is 1. The molecule has 0 bridgehead atoms. The molecular weight excluding hydrogens is 284 g/mol. The first-order valence-electron chi connectivity index (χ1n) is 6.80. The van der Waals surface area contributed by atoms with Gasteiger partial charge in [0.1, 0.15) is 0 Å². The van der Waals surface area contributed by atoms with Crippen molar-refractivity contribution < 1.29 is 22.7 Å². The summed E-state index contributed by atoms with van der Waals surface area (Å²) in [5.41, 5.74) is 5.79. The largest absolute Gasteiger partial charge is 0.468 e. The maximum atomic E-state index is 11.7. The average Bonchev–Trinajstić information content (AvgIpc) is 2.43. The van der Waals surface area contributed by atoms with Crippen LogP contribution in [0, 0.1) is 0 Å². The van der Waals surface area contributed by atoms with E-state index >= 15 is 0 Å². The van der Waals surface area contributed by atoms with Gasteiger partial charge in [-0.2, -0.15) is 0 Å². The Morgan fingerprint density at radius 3 is 2.50 bits per heavy atom. The maximum Gasteiger partial charge on any atom is 0.325 e. The topological polar surface area (TPSA) is 108 Å². The molecule has 1 aliphatic carbocycles. The van der Waals surface area contributed by atoms with Gasteiger partial charge >= 0.3 is 5.97 Å². The molecule has 0 aromatic heterocycles. The lowest BCUT2D eigenvalue weighted by atomic mass is 9.94. The minimum Gasteiger partial charge on any atom is -0.468 e. The number of carbonyl (C=O) groups excluding carboxylic acids is 1. The Morgan fingerprint density at radius 2 is 1.95 bits per heavy atom. The van der Waals surface area contributed by atoms with Gasteiger partial charge in [0.15, 0.2) is 5.25 Å². The molecule has 1 fully saturated rings. The zero-order valence-electron chi connectivity index (χ0n) is 12.0. The van der Waals surface area contributed by atoms with Crippen LogP contribution in [0.1, 0.15) is 32.6 Å². The van der Waals surface area contributed by atoms with Gasteiger partial charge in [-0.1, -0.05) is 0 Å². The van der Waals surface area contributed by atoms with Crippen molar-refractivity contribution in [3.05, 3.63) is 0 Å². The molecule has 1 atom stereocenters. The monoisotopic (exact) mass is 308 g/mol. The van der Waals surface area contributed by atoms with Crippen LogP contribution < -0.4 is 10.5 Å². The van der Waals surface area contributed by atoms with Gasteiger partial charge in [-0.05, 0) is 32.6 Å². The quantitative estimate of drug-likeness (QED) is 0.496. The van der Waals surface area contributed by atoms with E-state index in [4.69, 9.17) is 10.5 Å². The molecule has 8 heteroatoms. The molecule has 0 amide bonds. The van der Waals surface area contributed by atoms with Gasteiger partial charge in [0, 0.05) is 12.6 Å². The maximum absolute atomic E-state index is 11.7. The standard InChI is InChI=1S/C12H24N2O5S/c1-9(12(15)18-2)20(16,17)14-7-8-19-11-5-3-10(13)4-6-11/h9-11,14H,3-8,13H2,1-2H3. The van der Waals surface area contributed by atoms with E-state index in [2.05, 4.69) is 9.46 Å². The number of methoxy groups -OCH3 is 1. The summed E-state index contributed by atoms with van der Waals surface area (Å²) in [6, 6.07) is 0.259. The van der Waals surface area contributed by atoms with E-state index in [0.717, 1.165) is 32.8 Å². The number of rotatable bonds is 7. The highest BCUT2D eigenvalue weighted by Crippen LogP contribution is 2.19. The Kier molecular flexibility index (Phi) is 6.87. The molecule has 0 saturated heterocycles. The van der Waals surface area contributed by atoms with Gasteiger partial charge in [-0.25, -0.2) is 13.1 Å². The Bertz CT molecular complexity index is 404. The van der Waals surface area contributed by atoms with Crippen molar-refractivity contribution in [3.8, 4) is 0 Å². The molecule has 0 radical (unpaired) electrons. The van der Waals surface area contributed by atoms with E-state index in [1.165, 1.54) is 6.92 Å². The molecule has 1 rings (SSSR count). The third-order valence-corrected chi connectivity index (χ3v) is 5.21. The fourth-order valence-corrected chi connectivity index (χ4v) is 3.05. The number of carbonyl (C=O) groups is 1. The molecule has 1 saturated carbocycles. The lowest BCUT2D eigenvalue weighted by Gasteiger charge is -2.26. The highest BCUT2D eigenvalue weighted by atomic mass is 32.2. The fraction of sp³-hybridized carbons (Fsp3) is 0.917. The minimum atomic E-state index is -3.71. The highest BCUT2D eigenvalue weighted by Gasteiger charge is 2.28. The number of ether oxygens (including phenoxy) is 2. The zero-order chi connectivity index (χ0) is 15.2. The molecule has 118 valence electrons. The molecule has 7 nitrogen and oxygen atoms in total. The Balaban J connectivity index is 2.25. The van der Waals surface area contributed by atoms with Gasteiger partial charge in [0.2, 0.25) is 10.0 Å². The molecular formula is C12H24N2O5S. The van der Waals surface area contributed by atoms with E-state index in [1.807, 2.05) is 0 Å². The number of hydrogen-bond acceptors (Lipinski definition) is 6. The third kappa shape index (κ3) is 5.35. The molecule has 20 heavy (non-hydrogen) atoms. The van der Waals surface area contributed by atoms with E-state index in [1.54, 1.807) is 0 Å². The molecule has 1 unspecified atom stereocenters. The molecule has 3 N–H and O–H groups in total. The number of sulfonamides is 1. The summed E-state index contributed by atoms with van der Waals surface area (Å²) in [5, 5.41) is -1.22. The van der Waals surface area contributed by atoms with Crippen LogP contribution in [0.3, 0.4) is 0 Å². The Labute approximate surface area is 120 Å². The molecule has 0 heterocycles. The SMILES string of the molecule is COC(=O)C(C)S(=O)(=O)NCCOC1CCC(N)CC1. The predicted octanol–water partition coefficient (Wildman–Crippen LogP) is -0.246. The number of hydrogen-bond donors (Lipinski definition) is 2. The normalized spacial score (nSPS) is 25.1. The summed E-state index contributed by atoms with van der Waals surface area (Å²) in [6.07, 6.45) is 3.85. The van der Waals surface area contributed by atoms with Crippen molar-refractivity contribution in [3.63, 3.8) is 0 Å². The average molecular weight is 308 g/mol. The first-order valence-corrected chi connectivity index (χ1v) is 8.35. The van der Waals surface area contributed by atoms with Crippen molar-refractivity contribution in [2.45, 2.75) is 50.0 Å². The van der Waals surface area contributed by atoms with Crippen LogP contribution in [0.4, 0.5) is 0 Å². The van der Waals surface area contributed by atoms with E-state index in [-0.39, 0.29) is 25.3 Å². The Hall–Kier alpha value is -0.700. The lowest BCUT2D eigenvalue weighted by Crippen LogP contribution is -2.40.